The van der Waals surface area contributed by atoms with Gasteiger partial charge in [0.05, 0.1) is 6.61 Å². The number of hydrogen-bond acceptors (Lipinski definition) is 4. The van der Waals surface area contributed by atoms with Crippen LogP contribution in [0.15, 0.2) is 30.3 Å². The Balaban J connectivity index is 2.02. The molecule has 0 spiro atoms. The molecule has 0 aliphatic heterocycles. The van der Waals surface area contributed by atoms with Gasteiger partial charge in [-0.15, -0.1) is 11.3 Å². The van der Waals surface area contributed by atoms with Crippen molar-refractivity contribution in [2.45, 2.75) is 32.6 Å². The summed E-state index contributed by atoms with van der Waals surface area (Å²) in [5.41, 5.74) is 2.84. The van der Waals surface area contributed by atoms with Crippen molar-refractivity contribution in [2.75, 3.05) is 6.61 Å². The molecule has 0 saturated heterocycles. The lowest BCUT2D eigenvalue weighted by Gasteiger charge is -2.13. The molecular formula is C18H18O3S. The maximum absolute atomic E-state index is 12.3. The van der Waals surface area contributed by atoms with Crippen LogP contribution in [0.1, 0.15) is 55.8 Å². The minimum absolute atomic E-state index is 0.166. The minimum atomic E-state index is -0.294. The molecule has 4 heteroatoms. The predicted molar refractivity (Wildman–Crippen MR) is 86.8 cm³/mol. The second-order valence-electron chi connectivity index (χ2n) is 5.37. The van der Waals surface area contributed by atoms with Gasteiger partial charge < -0.3 is 4.74 Å². The maximum atomic E-state index is 12.3. The Bertz CT molecular complexity index is 701. The molecule has 0 amide bonds. The number of esters is 1. The Morgan fingerprint density at radius 2 is 2.00 bits per heavy atom. The zero-order valence-corrected chi connectivity index (χ0v) is 13.4. The van der Waals surface area contributed by atoms with Crippen molar-refractivity contribution in [3.8, 4) is 0 Å². The molecule has 0 unspecified atom stereocenters. The van der Waals surface area contributed by atoms with Crippen LogP contribution in [0.5, 0.6) is 0 Å². The lowest BCUT2D eigenvalue weighted by molar-refractivity contribution is 0.0531. The molecular weight excluding hydrogens is 296 g/mol. The van der Waals surface area contributed by atoms with Gasteiger partial charge in [-0.05, 0) is 30.9 Å². The molecule has 3 nitrogen and oxygen atoms in total. The van der Waals surface area contributed by atoms with Gasteiger partial charge >= 0.3 is 5.97 Å². The van der Waals surface area contributed by atoms with E-state index in [1.54, 1.807) is 6.92 Å². The number of carbonyl (C=O) groups excluding carboxylic acids is 2. The van der Waals surface area contributed by atoms with Gasteiger partial charge in [-0.1, -0.05) is 30.3 Å². The zero-order chi connectivity index (χ0) is 15.5. The largest absolute Gasteiger partial charge is 0.462 e. The van der Waals surface area contributed by atoms with E-state index in [0.29, 0.717) is 24.3 Å². The van der Waals surface area contributed by atoms with E-state index in [-0.39, 0.29) is 11.8 Å². The highest BCUT2D eigenvalue weighted by atomic mass is 32.1. The summed E-state index contributed by atoms with van der Waals surface area (Å²) < 4.78 is 5.15. The van der Waals surface area contributed by atoms with Crippen LogP contribution in [-0.2, 0) is 17.6 Å². The first-order valence-corrected chi connectivity index (χ1v) is 8.41. The first-order chi connectivity index (χ1) is 10.7. The Labute approximate surface area is 133 Å². The lowest BCUT2D eigenvalue weighted by atomic mass is 9.89. The van der Waals surface area contributed by atoms with Gasteiger partial charge in [0.25, 0.3) is 0 Å². The predicted octanol–water partition coefficient (Wildman–Crippen LogP) is 4.03. The van der Waals surface area contributed by atoms with Crippen molar-refractivity contribution in [1.82, 2.24) is 0 Å². The van der Waals surface area contributed by atoms with E-state index >= 15 is 0 Å². The summed E-state index contributed by atoms with van der Waals surface area (Å²) in [5.74, 6) is -0.128. The molecule has 1 aromatic carbocycles. The molecule has 2 aromatic rings. The van der Waals surface area contributed by atoms with E-state index in [2.05, 4.69) is 0 Å². The number of hydrogen-bond donors (Lipinski definition) is 0. The number of carbonyl (C=O) groups is 2. The number of thiophene rings is 1. The highest BCUT2D eigenvalue weighted by molar-refractivity contribution is 7.14. The number of ketones is 1. The summed E-state index contributed by atoms with van der Waals surface area (Å²) in [4.78, 5) is 26.1. The van der Waals surface area contributed by atoms with Gasteiger partial charge in [0.2, 0.25) is 0 Å². The van der Waals surface area contributed by atoms with Crippen LogP contribution in [0.3, 0.4) is 0 Å². The third kappa shape index (κ3) is 2.83. The Morgan fingerprint density at radius 3 is 2.73 bits per heavy atom. The molecule has 0 fully saturated rings. The molecule has 1 aliphatic carbocycles. The number of benzene rings is 1. The van der Waals surface area contributed by atoms with E-state index in [9.17, 15) is 9.59 Å². The molecule has 0 saturated carbocycles. The van der Waals surface area contributed by atoms with E-state index in [1.807, 2.05) is 30.3 Å². The monoisotopic (exact) mass is 314 g/mol. The molecule has 1 aliphatic rings. The van der Waals surface area contributed by atoms with Crippen molar-refractivity contribution in [3.63, 3.8) is 0 Å². The fourth-order valence-electron chi connectivity index (χ4n) is 2.90. The fraction of sp³-hybridized carbons (Fsp3) is 0.333. The van der Waals surface area contributed by atoms with E-state index < -0.39 is 0 Å². The molecule has 0 atom stereocenters. The summed E-state index contributed by atoms with van der Waals surface area (Å²) >= 11 is 1.43. The quantitative estimate of drug-likeness (QED) is 0.800. The van der Waals surface area contributed by atoms with Crippen molar-refractivity contribution in [3.05, 3.63) is 56.8 Å². The summed E-state index contributed by atoms with van der Waals surface area (Å²) in [6.07, 6.45) is 2.88. The maximum Gasteiger partial charge on any atom is 0.348 e. The Hall–Kier alpha value is -1.94. The van der Waals surface area contributed by atoms with Gasteiger partial charge in [-0.25, -0.2) is 4.79 Å². The molecule has 0 N–H and O–H groups in total. The van der Waals surface area contributed by atoms with Crippen LogP contribution in [0.25, 0.3) is 0 Å². The van der Waals surface area contributed by atoms with Crippen LogP contribution < -0.4 is 0 Å². The zero-order valence-electron chi connectivity index (χ0n) is 12.6. The van der Waals surface area contributed by atoms with E-state index in [4.69, 9.17) is 4.74 Å². The highest BCUT2D eigenvalue weighted by Crippen LogP contribution is 2.36. The van der Waals surface area contributed by atoms with Crippen LogP contribution in [0, 0.1) is 0 Å². The molecule has 0 bridgehead atoms. The van der Waals surface area contributed by atoms with Gasteiger partial charge in [0.15, 0.2) is 5.78 Å². The van der Waals surface area contributed by atoms with Gasteiger partial charge in [-0.2, -0.15) is 0 Å². The number of ether oxygens (including phenoxy) is 1. The van der Waals surface area contributed by atoms with Crippen LogP contribution in [0.4, 0.5) is 0 Å². The van der Waals surface area contributed by atoms with Crippen LogP contribution in [-0.4, -0.2) is 18.4 Å². The highest BCUT2D eigenvalue weighted by Gasteiger charge is 2.29. The third-order valence-electron chi connectivity index (χ3n) is 3.86. The number of Topliss-reactive ketones (excluding diaryl/α,β-unsaturated/α-hetero) is 1. The summed E-state index contributed by atoms with van der Waals surface area (Å²) in [6, 6.07) is 10.0. The lowest BCUT2D eigenvalue weighted by Crippen LogP contribution is -2.13. The van der Waals surface area contributed by atoms with Crippen molar-refractivity contribution in [2.24, 2.45) is 0 Å². The molecule has 1 heterocycles. The average molecular weight is 314 g/mol. The van der Waals surface area contributed by atoms with Crippen molar-refractivity contribution >= 4 is 23.1 Å². The smallest absolute Gasteiger partial charge is 0.348 e. The summed E-state index contributed by atoms with van der Waals surface area (Å²) in [6.45, 7) is 2.15. The standard InChI is InChI=1S/C18H18O3S/c1-2-21-18(20)17-13-9-6-10-14(19)16(13)15(22-17)11-12-7-4-3-5-8-12/h3-5,7-8H,2,6,9-11H2,1H3. The van der Waals surface area contributed by atoms with Gasteiger partial charge in [0.1, 0.15) is 4.88 Å². The topological polar surface area (TPSA) is 43.4 Å². The van der Waals surface area contributed by atoms with Crippen LogP contribution in [0.2, 0.25) is 0 Å². The van der Waals surface area contributed by atoms with Crippen molar-refractivity contribution in [1.29, 1.82) is 0 Å². The fourth-order valence-corrected chi connectivity index (χ4v) is 4.19. The molecule has 3 rings (SSSR count). The number of rotatable bonds is 4. The normalized spacial score (nSPS) is 13.8. The molecule has 22 heavy (non-hydrogen) atoms. The second-order valence-corrected chi connectivity index (χ2v) is 6.47. The summed E-state index contributed by atoms with van der Waals surface area (Å²) in [7, 11) is 0. The molecule has 0 radical (unpaired) electrons. The average Bonchev–Trinajstić information content (AvgIpc) is 2.89. The molecule has 114 valence electrons. The Kier molecular flexibility index (Phi) is 4.39. The molecule has 1 aromatic heterocycles. The first-order valence-electron chi connectivity index (χ1n) is 7.59. The van der Waals surface area contributed by atoms with E-state index in [1.165, 1.54) is 11.3 Å². The van der Waals surface area contributed by atoms with Gasteiger partial charge in [-0.3, -0.25) is 4.79 Å². The van der Waals surface area contributed by atoms with Crippen molar-refractivity contribution < 1.29 is 14.3 Å². The minimum Gasteiger partial charge on any atom is -0.462 e. The second kappa shape index (κ2) is 6.44. The first kappa shape index (κ1) is 15.0. The SMILES string of the molecule is CCOC(=O)c1sc(Cc2ccccc2)c2c1CCCC2=O. The Morgan fingerprint density at radius 1 is 1.23 bits per heavy atom. The van der Waals surface area contributed by atoms with Crippen LogP contribution >= 0.6 is 11.3 Å². The summed E-state index contributed by atoms with van der Waals surface area (Å²) in [5, 5.41) is 0. The third-order valence-corrected chi connectivity index (χ3v) is 5.07. The van der Waals surface area contributed by atoms with E-state index in [0.717, 1.165) is 34.4 Å². The van der Waals surface area contributed by atoms with Gasteiger partial charge in [0, 0.05) is 23.3 Å². The number of fused-ring (bicyclic) bond motifs is 1.